The second-order valence-corrected chi connectivity index (χ2v) is 10.9. The van der Waals surface area contributed by atoms with Gasteiger partial charge >= 0.3 is 12.1 Å². The van der Waals surface area contributed by atoms with E-state index in [0.717, 1.165) is 10.5 Å². The van der Waals surface area contributed by atoms with Crippen molar-refractivity contribution in [1.29, 1.82) is 0 Å². The normalized spacial score (nSPS) is 16.6. The minimum atomic E-state index is -1.82. The van der Waals surface area contributed by atoms with E-state index in [1.165, 1.54) is 6.92 Å². The van der Waals surface area contributed by atoms with Crippen LogP contribution in [0.5, 0.6) is 0 Å². The number of nitrogens with two attached hydrogens (primary N) is 2. The lowest BCUT2D eigenvalue weighted by Gasteiger charge is -2.46. The molecule has 0 bridgehead atoms. The number of rotatable bonds is 12. The third-order valence-corrected chi connectivity index (χ3v) is 6.90. The molecule has 7 N–H and O–H groups in total. The van der Waals surface area contributed by atoms with Crippen LogP contribution in [0.4, 0.5) is 4.79 Å². The summed E-state index contributed by atoms with van der Waals surface area (Å²) in [6.45, 7) is 6.55. The van der Waals surface area contributed by atoms with E-state index in [0.29, 0.717) is 12.0 Å². The minimum absolute atomic E-state index is 0.0206. The summed E-state index contributed by atoms with van der Waals surface area (Å²) in [5.74, 6) is -1.63. The maximum Gasteiger partial charge on any atom is 0.420 e. The van der Waals surface area contributed by atoms with E-state index in [9.17, 15) is 24.9 Å². The van der Waals surface area contributed by atoms with Gasteiger partial charge in [0, 0.05) is 13.0 Å². The summed E-state index contributed by atoms with van der Waals surface area (Å²) in [6.07, 6.45) is -4.38. The van der Waals surface area contributed by atoms with Gasteiger partial charge in [-0.1, -0.05) is 81.4 Å². The highest BCUT2D eigenvalue weighted by Crippen LogP contribution is 2.31. The monoisotopic (exact) mass is 529 g/mol. The summed E-state index contributed by atoms with van der Waals surface area (Å²) in [6, 6.07) is 18.5. The highest BCUT2D eigenvalue weighted by atomic mass is 16.6. The van der Waals surface area contributed by atoms with Crippen LogP contribution >= 0.6 is 0 Å². The molecule has 0 radical (unpaired) electrons. The van der Waals surface area contributed by atoms with Gasteiger partial charge in [-0.15, -0.1) is 0 Å². The molecule has 0 heterocycles. The van der Waals surface area contributed by atoms with E-state index < -0.39 is 47.4 Å². The molecule has 2 aromatic rings. The number of carbonyl (C=O) groups excluding carboxylic acids is 2. The van der Waals surface area contributed by atoms with E-state index in [1.807, 2.05) is 36.4 Å². The number of hydrogen-bond donors (Lipinski definition) is 5. The quantitative estimate of drug-likeness (QED) is 0.159. The number of aliphatic hydroxyl groups excluding tert-OH is 3. The molecule has 5 unspecified atom stereocenters. The first-order valence-electron chi connectivity index (χ1n) is 13.0. The van der Waals surface area contributed by atoms with Gasteiger partial charge in [-0.3, -0.25) is 9.69 Å². The van der Waals surface area contributed by atoms with Crippen molar-refractivity contribution in [2.24, 2.45) is 22.8 Å². The van der Waals surface area contributed by atoms with Crippen LogP contribution in [-0.2, 0) is 22.4 Å². The van der Waals surface area contributed by atoms with Crippen molar-refractivity contribution < 1.29 is 29.6 Å². The lowest BCUT2D eigenvalue weighted by molar-refractivity contribution is -0.150. The van der Waals surface area contributed by atoms with Crippen LogP contribution in [0.15, 0.2) is 60.7 Å². The van der Waals surface area contributed by atoms with Gasteiger partial charge in [-0.05, 0) is 42.7 Å². The fourth-order valence-corrected chi connectivity index (χ4v) is 4.47. The molecule has 5 atom stereocenters. The van der Waals surface area contributed by atoms with E-state index in [-0.39, 0.29) is 25.9 Å². The van der Waals surface area contributed by atoms with Crippen LogP contribution in [-0.4, -0.2) is 62.9 Å². The predicted octanol–water partition coefficient (Wildman–Crippen LogP) is 2.55. The molecular formula is C29H43N3O6. The van der Waals surface area contributed by atoms with Gasteiger partial charge in [0.25, 0.3) is 0 Å². The Morgan fingerprint density at radius 2 is 1.47 bits per heavy atom. The molecule has 2 aromatic carbocycles. The zero-order valence-electron chi connectivity index (χ0n) is 22.8. The number of benzene rings is 2. The first-order chi connectivity index (χ1) is 17.8. The number of ether oxygens (including phenoxy) is 1. The Bertz CT molecular complexity index is 1010. The van der Waals surface area contributed by atoms with Crippen molar-refractivity contribution in [3.05, 3.63) is 71.8 Å². The van der Waals surface area contributed by atoms with Crippen molar-refractivity contribution in [1.82, 2.24) is 4.90 Å². The smallest absolute Gasteiger partial charge is 0.396 e. The number of carbonyl (C=O) groups is 2. The van der Waals surface area contributed by atoms with E-state index in [1.54, 1.807) is 45.0 Å². The molecule has 1 amide bonds. The molecule has 0 saturated carbocycles. The highest BCUT2D eigenvalue weighted by molar-refractivity contribution is 5.87. The largest absolute Gasteiger partial charge is 0.420 e. The second kappa shape index (κ2) is 13.8. The van der Waals surface area contributed by atoms with Crippen LogP contribution in [0.2, 0.25) is 0 Å². The van der Waals surface area contributed by atoms with Gasteiger partial charge in [0.05, 0.1) is 18.1 Å². The average Bonchev–Trinajstić information content (AvgIpc) is 2.86. The Balaban J connectivity index is 2.41. The molecular weight excluding hydrogens is 486 g/mol. The molecule has 0 spiro atoms. The Morgan fingerprint density at radius 1 is 0.947 bits per heavy atom. The van der Waals surface area contributed by atoms with Crippen LogP contribution < -0.4 is 11.5 Å². The topological polar surface area (TPSA) is 159 Å². The summed E-state index contributed by atoms with van der Waals surface area (Å²) in [4.78, 5) is 27.5. The van der Waals surface area contributed by atoms with Gasteiger partial charge in [-0.25, -0.2) is 4.79 Å². The molecule has 9 nitrogen and oxygen atoms in total. The molecule has 9 heteroatoms. The fourth-order valence-electron chi connectivity index (χ4n) is 4.47. The number of aliphatic hydroxyl groups is 3. The summed E-state index contributed by atoms with van der Waals surface area (Å²) < 4.78 is 5.28. The Kier molecular flexibility index (Phi) is 11.4. The van der Waals surface area contributed by atoms with Gasteiger partial charge < -0.3 is 31.5 Å². The molecule has 0 aliphatic rings. The second-order valence-electron chi connectivity index (χ2n) is 10.9. The number of nitrogens with zero attached hydrogens (tertiary/aromatic N) is 1. The predicted molar refractivity (Wildman–Crippen MR) is 145 cm³/mol. The Morgan fingerprint density at radius 3 is 1.95 bits per heavy atom. The van der Waals surface area contributed by atoms with Gasteiger partial charge in [-0.2, -0.15) is 0 Å². The lowest BCUT2D eigenvalue weighted by Crippen LogP contribution is -2.72. The maximum absolute atomic E-state index is 13.6. The highest BCUT2D eigenvalue weighted by Gasteiger charge is 2.47. The van der Waals surface area contributed by atoms with Crippen molar-refractivity contribution in [2.45, 2.75) is 77.4 Å². The van der Waals surface area contributed by atoms with Crippen LogP contribution in [0.1, 0.15) is 51.7 Å². The van der Waals surface area contributed by atoms with E-state index in [2.05, 4.69) is 0 Å². The Labute approximate surface area is 225 Å². The SMILES string of the molecule is CC(O)C(N)(Cc1ccccc1)N(C(=O)OC(=O)C(CCO)C(C)(C)C)C(N)C(O)CCc1ccccc1. The van der Waals surface area contributed by atoms with E-state index >= 15 is 0 Å². The summed E-state index contributed by atoms with van der Waals surface area (Å²) in [7, 11) is 0. The first-order valence-corrected chi connectivity index (χ1v) is 13.0. The average molecular weight is 530 g/mol. The number of aryl methyl sites for hydroxylation is 1. The zero-order chi connectivity index (χ0) is 28.5. The molecule has 210 valence electrons. The minimum Gasteiger partial charge on any atom is -0.396 e. The lowest BCUT2D eigenvalue weighted by atomic mass is 9.79. The van der Waals surface area contributed by atoms with Crippen LogP contribution in [0, 0.1) is 11.3 Å². The number of hydrogen-bond acceptors (Lipinski definition) is 8. The number of esters is 1. The first kappa shape index (κ1) is 31.4. The zero-order valence-corrected chi connectivity index (χ0v) is 22.8. The van der Waals surface area contributed by atoms with Crippen molar-refractivity contribution in [2.75, 3.05) is 6.61 Å². The molecule has 0 saturated heterocycles. The van der Waals surface area contributed by atoms with Gasteiger partial charge in [0.2, 0.25) is 0 Å². The van der Waals surface area contributed by atoms with Crippen LogP contribution in [0.3, 0.4) is 0 Å². The van der Waals surface area contributed by atoms with E-state index in [4.69, 9.17) is 16.2 Å². The summed E-state index contributed by atoms with van der Waals surface area (Å²) in [5.41, 5.74) is 12.4. The maximum atomic E-state index is 13.6. The third-order valence-electron chi connectivity index (χ3n) is 6.90. The number of amides is 1. The van der Waals surface area contributed by atoms with Crippen molar-refractivity contribution in [3.8, 4) is 0 Å². The molecule has 0 fully saturated rings. The van der Waals surface area contributed by atoms with Crippen molar-refractivity contribution in [3.63, 3.8) is 0 Å². The molecule has 0 aliphatic carbocycles. The molecule has 0 aromatic heterocycles. The summed E-state index contributed by atoms with van der Waals surface area (Å²) >= 11 is 0. The van der Waals surface area contributed by atoms with Gasteiger partial charge in [0.1, 0.15) is 11.8 Å². The molecule has 0 aliphatic heterocycles. The van der Waals surface area contributed by atoms with Gasteiger partial charge in [0.15, 0.2) is 0 Å². The standard InChI is InChI=1S/C29H43N3O6/c1-20(34)29(31,19-22-13-9-6-10-14-22)32(25(30)24(35)16-15-21-11-7-5-8-12-21)27(37)38-26(36)23(17-18-33)28(2,3)4/h5-14,20,23-25,33-35H,15-19,30-31H2,1-4H3. The molecule has 38 heavy (non-hydrogen) atoms. The van der Waals surface area contributed by atoms with Crippen LogP contribution in [0.25, 0.3) is 0 Å². The summed E-state index contributed by atoms with van der Waals surface area (Å²) in [5, 5.41) is 31.3. The third kappa shape index (κ3) is 8.34. The Hall–Kier alpha value is -2.82. The fraction of sp³-hybridized carbons (Fsp3) is 0.517. The van der Waals surface area contributed by atoms with Crippen molar-refractivity contribution >= 4 is 12.1 Å². The molecule has 2 rings (SSSR count).